The molecule has 0 aliphatic rings. The highest BCUT2D eigenvalue weighted by molar-refractivity contribution is 5.41. The summed E-state index contributed by atoms with van der Waals surface area (Å²) in [7, 11) is 0. The second-order valence-electron chi connectivity index (χ2n) is 3.69. The third kappa shape index (κ3) is 5.25. The molecule has 1 aromatic rings. The second-order valence-corrected chi connectivity index (χ2v) is 3.69. The number of phenols is 1. The predicted molar refractivity (Wildman–Crippen MR) is 52.4 cm³/mol. The number of hydrogen-bond acceptors (Lipinski definition) is 3. The van der Waals surface area contributed by atoms with Crippen molar-refractivity contribution in [3.8, 4) is 11.5 Å². The Morgan fingerprint density at radius 1 is 1.16 bits per heavy atom. The van der Waals surface area contributed by atoms with Gasteiger partial charge in [0.05, 0.1) is 6.42 Å². The Bertz CT molecular complexity index is 443. The number of hydrogen-bond donors (Lipinski definition) is 2. The summed E-state index contributed by atoms with van der Waals surface area (Å²) in [6.45, 7) is 0. The molecule has 1 atom stereocenters. The van der Waals surface area contributed by atoms with Gasteiger partial charge in [-0.2, -0.15) is 13.2 Å². The number of nitrogens with two attached hydrogens (primary N) is 1. The first-order valence-corrected chi connectivity index (χ1v) is 4.89. The zero-order valence-corrected chi connectivity index (χ0v) is 9.22. The number of alkyl halides is 6. The molecule has 0 aliphatic carbocycles. The summed E-state index contributed by atoms with van der Waals surface area (Å²) < 4.78 is 75.7. The molecule has 3 N–H and O–H groups in total. The molecule has 9 heteroatoms. The molecule has 0 radical (unpaired) electrons. The Hall–Kier alpha value is -1.64. The van der Waals surface area contributed by atoms with E-state index >= 15 is 0 Å². The van der Waals surface area contributed by atoms with Crippen molar-refractivity contribution in [2.24, 2.45) is 5.73 Å². The van der Waals surface area contributed by atoms with E-state index < -0.39 is 42.1 Å². The van der Waals surface area contributed by atoms with Crippen LogP contribution in [-0.4, -0.2) is 17.6 Å². The van der Waals surface area contributed by atoms with Crippen LogP contribution in [0.2, 0.25) is 0 Å². The van der Waals surface area contributed by atoms with Crippen LogP contribution in [-0.2, 0) is 0 Å². The van der Waals surface area contributed by atoms with Crippen LogP contribution >= 0.6 is 0 Å². The van der Waals surface area contributed by atoms with E-state index in [1.54, 1.807) is 0 Å². The third-order valence-corrected chi connectivity index (χ3v) is 2.08. The van der Waals surface area contributed by atoms with Crippen LogP contribution in [0, 0.1) is 0 Å². The van der Waals surface area contributed by atoms with Crippen molar-refractivity contribution in [3.05, 3.63) is 23.8 Å². The number of benzene rings is 1. The first-order valence-electron chi connectivity index (χ1n) is 4.89. The molecule has 1 rings (SSSR count). The third-order valence-electron chi connectivity index (χ3n) is 2.08. The lowest BCUT2D eigenvalue weighted by Gasteiger charge is -2.17. The smallest absolute Gasteiger partial charge is 0.508 e. The molecule has 108 valence electrons. The van der Waals surface area contributed by atoms with Gasteiger partial charge >= 0.3 is 12.5 Å². The topological polar surface area (TPSA) is 55.5 Å². The van der Waals surface area contributed by atoms with Gasteiger partial charge in [-0.1, -0.05) is 0 Å². The maximum atomic E-state index is 12.1. The lowest BCUT2D eigenvalue weighted by atomic mass is 10.0. The maximum absolute atomic E-state index is 12.1. The van der Waals surface area contributed by atoms with Crippen molar-refractivity contribution < 1.29 is 36.2 Å². The molecule has 0 aliphatic heterocycles. The summed E-state index contributed by atoms with van der Waals surface area (Å²) in [5.74, 6) is -1.39. The van der Waals surface area contributed by atoms with Crippen LogP contribution < -0.4 is 10.5 Å². The molecule has 0 heterocycles. The summed E-state index contributed by atoms with van der Waals surface area (Å²) >= 11 is 0. The zero-order valence-electron chi connectivity index (χ0n) is 9.22. The minimum absolute atomic E-state index is 0.473. The second kappa shape index (κ2) is 5.16. The van der Waals surface area contributed by atoms with Gasteiger partial charge in [-0.05, 0) is 18.2 Å². The zero-order chi connectivity index (χ0) is 14.8. The Kier molecular flexibility index (Phi) is 4.18. The van der Waals surface area contributed by atoms with Crippen molar-refractivity contribution >= 4 is 0 Å². The fraction of sp³-hybridized carbons (Fsp3) is 0.400. The molecule has 3 nitrogen and oxygen atoms in total. The number of ether oxygens (including phenoxy) is 1. The van der Waals surface area contributed by atoms with Crippen molar-refractivity contribution in [1.82, 2.24) is 0 Å². The van der Waals surface area contributed by atoms with Crippen molar-refractivity contribution in [2.45, 2.75) is 25.0 Å². The molecule has 0 aromatic heterocycles. The van der Waals surface area contributed by atoms with Crippen LogP contribution in [0.25, 0.3) is 0 Å². The Morgan fingerprint density at radius 2 is 1.74 bits per heavy atom. The van der Waals surface area contributed by atoms with Gasteiger partial charge in [-0.15, -0.1) is 13.2 Å². The minimum Gasteiger partial charge on any atom is -0.508 e. The van der Waals surface area contributed by atoms with Crippen molar-refractivity contribution in [3.63, 3.8) is 0 Å². The normalized spacial score (nSPS) is 14.3. The van der Waals surface area contributed by atoms with E-state index in [1.807, 2.05) is 0 Å². The van der Waals surface area contributed by atoms with Crippen LogP contribution in [0.15, 0.2) is 18.2 Å². The van der Waals surface area contributed by atoms with E-state index in [2.05, 4.69) is 4.74 Å². The van der Waals surface area contributed by atoms with Crippen LogP contribution in [0.5, 0.6) is 11.5 Å². The lowest BCUT2D eigenvalue weighted by molar-refractivity contribution is -0.274. The summed E-state index contributed by atoms with van der Waals surface area (Å²) in [6.07, 6.45) is -11.1. The quantitative estimate of drug-likeness (QED) is 0.840. The van der Waals surface area contributed by atoms with Gasteiger partial charge in [0, 0.05) is 11.6 Å². The Morgan fingerprint density at radius 3 is 2.21 bits per heavy atom. The van der Waals surface area contributed by atoms with E-state index in [0.29, 0.717) is 6.07 Å². The average molecular weight is 289 g/mol. The number of halogens is 6. The highest BCUT2D eigenvalue weighted by Crippen LogP contribution is 2.35. The Labute approximate surface area is 103 Å². The van der Waals surface area contributed by atoms with Gasteiger partial charge in [-0.3, -0.25) is 0 Å². The number of phenolic OH excluding ortho intramolecular Hbond substituents is 1. The van der Waals surface area contributed by atoms with Crippen LogP contribution in [0.1, 0.15) is 18.0 Å². The summed E-state index contributed by atoms with van der Waals surface area (Å²) in [5, 5.41) is 9.32. The van der Waals surface area contributed by atoms with Gasteiger partial charge in [-0.25, -0.2) is 0 Å². The molecule has 0 unspecified atom stereocenters. The summed E-state index contributed by atoms with van der Waals surface area (Å²) in [4.78, 5) is 0. The molecular formula is C10H9F6NO2. The van der Waals surface area contributed by atoms with Gasteiger partial charge in [0.15, 0.2) is 0 Å². The molecule has 1 aromatic carbocycles. The van der Waals surface area contributed by atoms with E-state index in [4.69, 9.17) is 5.73 Å². The van der Waals surface area contributed by atoms with Gasteiger partial charge in [0.1, 0.15) is 11.5 Å². The molecule has 0 fully saturated rings. The first kappa shape index (κ1) is 15.4. The molecule has 0 saturated carbocycles. The number of rotatable bonds is 3. The van der Waals surface area contributed by atoms with E-state index in [0.717, 1.165) is 12.1 Å². The van der Waals surface area contributed by atoms with E-state index in [1.165, 1.54) is 0 Å². The largest absolute Gasteiger partial charge is 0.573 e. The van der Waals surface area contributed by atoms with Crippen molar-refractivity contribution in [1.29, 1.82) is 0 Å². The van der Waals surface area contributed by atoms with Crippen LogP contribution in [0.4, 0.5) is 26.3 Å². The first-order chi connectivity index (χ1) is 8.48. The fourth-order valence-electron chi connectivity index (χ4n) is 1.39. The predicted octanol–water partition coefficient (Wildman–Crippen LogP) is 3.24. The molecule has 0 bridgehead atoms. The van der Waals surface area contributed by atoms with Gasteiger partial charge in [0.25, 0.3) is 0 Å². The average Bonchev–Trinajstić information content (AvgIpc) is 2.16. The molecular weight excluding hydrogens is 280 g/mol. The highest BCUT2D eigenvalue weighted by atomic mass is 19.4. The lowest BCUT2D eigenvalue weighted by Crippen LogP contribution is -2.21. The van der Waals surface area contributed by atoms with E-state index in [9.17, 15) is 31.4 Å². The molecule has 0 amide bonds. The molecule has 0 spiro atoms. The molecule has 19 heavy (non-hydrogen) atoms. The monoisotopic (exact) mass is 289 g/mol. The summed E-state index contributed by atoms with van der Waals surface area (Å²) in [6, 6.07) is 0.496. The van der Waals surface area contributed by atoms with Gasteiger partial charge in [0.2, 0.25) is 0 Å². The Balaban J connectivity index is 2.97. The van der Waals surface area contributed by atoms with E-state index in [-0.39, 0.29) is 0 Å². The van der Waals surface area contributed by atoms with Crippen LogP contribution in [0.3, 0.4) is 0 Å². The summed E-state index contributed by atoms with van der Waals surface area (Å²) in [5.41, 5.74) is 4.72. The maximum Gasteiger partial charge on any atom is 0.573 e. The SMILES string of the molecule is N[C@@H](CC(F)(F)F)c1cc(OC(F)(F)F)ccc1O. The van der Waals surface area contributed by atoms with Crippen molar-refractivity contribution in [2.75, 3.05) is 0 Å². The number of aromatic hydroxyl groups is 1. The highest BCUT2D eigenvalue weighted by Gasteiger charge is 2.34. The van der Waals surface area contributed by atoms with Gasteiger partial charge < -0.3 is 15.6 Å². The molecule has 0 saturated heterocycles. The standard InChI is InChI=1S/C10H9F6NO2/c11-9(12,13)4-7(17)6-3-5(1-2-8(6)18)19-10(14,15)16/h1-3,7,18H,4,17H2/t7-/m0/s1. The fourth-order valence-corrected chi connectivity index (χ4v) is 1.39. The minimum atomic E-state index is -4.98.